The first-order chi connectivity index (χ1) is 5.54. The summed E-state index contributed by atoms with van der Waals surface area (Å²) in [4.78, 5) is 31.5. The molecule has 0 saturated carbocycles. The number of ketones is 3. The largest absolute Gasteiger partial charge is 0.393 e. The summed E-state index contributed by atoms with van der Waals surface area (Å²) in [6.45, 7) is -2.01. The van der Waals surface area contributed by atoms with Gasteiger partial charge in [-0.25, -0.2) is 0 Å². The maximum atomic E-state index is 10.6. The fraction of sp³-hybridized carbons (Fsp3) is 0.500. The predicted molar refractivity (Wildman–Crippen MR) is 35.2 cm³/mol. The average Bonchev–Trinajstić information content (AvgIpc) is 2.12. The molecule has 3 N–H and O–H groups in total. The normalized spacial score (nSPS) is 12.2. The molecule has 0 spiro atoms. The third kappa shape index (κ3) is 2.50. The van der Waals surface area contributed by atoms with E-state index >= 15 is 0 Å². The van der Waals surface area contributed by atoms with Gasteiger partial charge in [0.1, 0.15) is 12.7 Å². The van der Waals surface area contributed by atoms with Crippen molar-refractivity contribution in [3.63, 3.8) is 0 Å². The molecular formula is C6H8O6. The number of rotatable bonds is 5. The minimum atomic E-state index is -1.88. The number of aliphatic hydroxyl groups is 3. The van der Waals surface area contributed by atoms with Gasteiger partial charge in [-0.15, -0.1) is 0 Å². The van der Waals surface area contributed by atoms with Crippen molar-refractivity contribution < 1.29 is 29.7 Å². The van der Waals surface area contributed by atoms with Gasteiger partial charge in [-0.3, -0.25) is 14.4 Å². The van der Waals surface area contributed by atoms with Gasteiger partial charge >= 0.3 is 0 Å². The van der Waals surface area contributed by atoms with Crippen LogP contribution >= 0.6 is 0 Å². The highest BCUT2D eigenvalue weighted by molar-refractivity contribution is 6.64. The van der Waals surface area contributed by atoms with E-state index in [1.165, 1.54) is 0 Å². The van der Waals surface area contributed by atoms with Gasteiger partial charge in [0.15, 0.2) is 0 Å². The van der Waals surface area contributed by atoms with Gasteiger partial charge in [0, 0.05) is 0 Å². The van der Waals surface area contributed by atoms with Crippen LogP contribution in [0.15, 0.2) is 0 Å². The molecule has 0 aliphatic rings. The zero-order valence-corrected chi connectivity index (χ0v) is 6.06. The van der Waals surface area contributed by atoms with Gasteiger partial charge in [-0.2, -0.15) is 0 Å². The topological polar surface area (TPSA) is 112 Å². The quantitative estimate of drug-likeness (QED) is 0.305. The Balaban J connectivity index is 4.30. The number of hydrogen-bond donors (Lipinski definition) is 3. The first-order valence-corrected chi connectivity index (χ1v) is 3.05. The number of carbonyl (C=O) groups is 3. The molecule has 1 atom stereocenters. The third-order valence-electron chi connectivity index (χ3n) is 1.10. The molecule has 0 amide bonds. The summed E-state index contributed by atoms with van der Waals surface area (Å²) in [6, 6.07) is 0. The SMILES string of the molecule is O=C(CO)C(=O)C(=O)[C@H](O)CO. The minimum Gasteiger partial charge on any atom is -0.393 e. The Morgan fingerprint density at radius 2 is 1.67 bits per heavy atom. The summed E-state index contributed by atoms with van der Waals surface area (Å²) in [5.74, 6) is -4.21. The van der Waals surface area contributed by atoms with Crippen molar-refractivity contribution in [3.8, 4) is 0 Å². The van der Waals surface area contributed by atoms with Crippen molar-refractivity contribution >= 4 is 17.3 Å². The molecule has 0 radical (unpaired) electrons. The Morgan fingerprint density at radius 3 is 2.00 bits per heavy atom. The average molecular weight is 176 g/mol. The van der Waals surface area contributed by atoms with Crippen LogP contribution in [0.1, 0.15) is 0 Å². The van der Waals surface area contributed by atoms with Crippen molar-refractivity contribution in [2.24, 2.45) is 0 Å². The summed E-state index contributed by atoms with van der Waals surface area (Å²) in [5, 5.41) is 24.9. The highest BCUT2D eigenvalue weighted by atomic mass is 16.3. The molecule has 0 bridgehead atoms. The number of Topliss-reactive ketones (excluding diaryl/α,β-unsaturated/α-hetero) is 3. The fourth-order valence-corrected chi connectivity index (χ4v) is 0.443. The van der Waals surface area contributed by atoms with Gasteiger partial charge in [0.2, 0.25) is 11.6 Å². The Morgan fingerprint density at radius 1 is 1.17 bits per heavy atom. The molecule has 0 aromatic carbocycles. The fourth-order valence-electron chi connectivity index (χ4n) is 0.443. The Bertz CT molecular complexity index is 208. The highest BCUT2D eigenvalue weighted by Gasteiger charge is 2.27. The molecule has 6 nitrogen and oxygen atoms in total. The zero-order chi connectivity index (χ0) is 9.72. The molecule has 68 valence electrons. The van der Waals surface area contributed by atoms with Crippen molar-refractivity contribution in [2.75, 3.05) is 13.2 Å². The summed E-state index contributed by atoms with van der Waals surface area (Å²) in [7, 11) is 0. The monoisotopic (exact) mass is 176 g/mol. The first-order valence-electron chi connectivity index (χ1n) is 3.05. The molecule has 0 aliphatic heterocycles. The van der Waals surface area contributed by atoms with E-state index in [1.54, 1.807) is 0 Å². The van der Waals surface area contributed by atoms with Gasteiger partial charge in [-0.1, -0.05) is 0 Å². The molecule has 0 unspecified atom stereocenters. The second-order valence-corrected chi connectivity index (χ2v) is 1.97. The van der Waals surface area contributed by atoms with Crippen LogP contribution in [0.5, 0.6) is 0 Å². The van der Waals surface area contributed by atoms with Gasteiger partial charge in [0.05, 0.1) is 6.61 Å². The van der Waals surface area contributed by atoms with Gasteiger partial charge < -0.3 is 15.3 Å². The molecule has 0 aromatic heterocycles. The van der Waals surface area contributed by atoms with Crippen LogP contribution in [0.2, 0.25) is 0 Å². The number of carbonyl (C=O) groups excluding carboxylic acids is 3. The maximum absolute atomic E-state index is 10.6. The van der Waals surface area contributed by atoms with Crippen LogP contribution in [0.25, 0.3) is 0 Å². The number of aliphatic hydroxyl groups excluding tert-OH is 3. The molecule has 12 heavy (non-hydrogen) atoms. The second kappa shape index (κ2) is 4.70. The lowest BCUT2D eigenvalue weighted by atomic mass is 10.1. The zero-order valence-electron chi connectivity index (χ0n) is 6.06. The molecule has 0 fully saturated rings. The van der Waals surface area contributed by atoms with Crippen molar-refractivity contribution in [1.82, 2.24) is 0 Å². The molecule has 0 heterocycles. The lowest BCUT2D eigenvalue weighted by molar-refractivity contribution is -0.149. The maximum Gasteiger partial charge on any atom is 0.269 e. The second-order valence-electron chi connectivity index (χ2n) is 1.97. The Labute approximate surface area is 67.4 Å². The van der Waals surface area contributed by atoms with E-state index in [4.69, 9.17) is 15.3 Å². The molecule has 0 saturated heterocycles. The molecular weight excluding hydrogens is 168 g/mol. The van der Waals surface area contributed by atoms with E-state index in [-0.39, 0.29) is 0 Å². The van der Waals surface area contributed by atoms with E-state index in [9.17, 15) is 14.4 Å². The summed E-state index contributed by atoms with van der Waals surface area (Å²) >= 11 is 0. The molecule has 0 aromatic rings. The standard InChI is InChI=1S/C6H8O6/c7-1-3(9)5(11)6(12)4(10)2-8/h3,7-9H,1-2H2/t3-/m1/s1. The molecule has 0 aliphatic carbocycles. The highest BCUT2D eigenvalue weighted by Crippen LogP contribution is 1.88. The lowest BCUT2D eigenvalue weighted by Crippen LogP contribution is -2.36. The predicted octanol–water partition coefficient (Wildman–Crippen LogP) is -2.96. The lowest BCUT2D eigenvalue weighted by Gasteiger charge is -2.02. The van der Waals surface area contributed by atoms with E-state index < -0.39 is 36.7 Å². The van der Waals surface area contributed by atoms with Crippen molar-refractivity contribution in [1.29, 1.82) is 0 Å². The Hall–Kier alpha value is -1.11. The van der Waals surface area contributed by atoms with Gasteiger partial charge in [0.25, 0.3) is 5.78 Å². The third-order valence-corrected chi connectivity index (χ3v) is 1.10. The summed E-state index contributed by atoms with van der Waals surface area (Å²) in [5.41, 5.74) is 0. The van der Waals surface area contributed by atoms with Crippen LogP contribution < -0.4 is 0 Å². The molecule has 6 heteroatoms. The van der Waals surface area contributed by atoms with Crippen molar-refractivity contribution in [3.05, 3.63) is 0 Å². The van der Waals surface area contributed by atoms with Gasteiger partial charge in [-0.05, 0) is 0 Å². The number of hydrogen-bond acceptors (Lipinski definition) is 6. The van der Waals surface area contributed by atoms with E-state index in [0.717, 1.165) is 0 Å². The summed E-state index contributed by atoms with van der Waals surface area (Å²) < 4.78 is 0. The summed E-state index contributed by atoms with van der Waals surface area (Å²) in [6.07, 6.45) is -1.88. The Kier molecular flexibility index (Phi) is 4.27. The molecule has 0 rings (SSSR count). The van der Waals surface area contributed by atoms with Crippen LogP contribution in [-0.4, -0.2) is 52.0 Å². The van der Waals surface area contributed by atoms with E-state index in [2.05, 4.69) is 0 Å². The van der Waals surface area contributed by atoms with Crippen LogP contribution in [0.4, 0.5) is 0 Å². The van der Waals surface area contributed by atoms with E-state index in [1.807, 2.05) is 0 Å². The first kappa shape index (κ1) is 10.9. The van der Waals surface area contributed by atoms with E-state index in [0.29, 0.717) is 0 Å². The minimum absolute atomic E-state index is 0.927. The smallest absolute Gasteiger partial charge is 0.269 e. The van der Waals surface area contributed by atoms with Crippen LogP contribution in [-0.2, 0) is 14.4 Å². The van der Waals surface area contributed by atoms with Crippen LogP contribution in [0, 0.1) is 0 Å². The van der Waals surface area contributed by atoms with Crippen molar-refractivity contribution in [2.45, 2.75) is 6.10 Å². The van der Waals surface area contributed by atoms with Crippen LogP contribution in [0.3, 0.4) is 0 Å².